The lowest BCUT2D eigenvalue weighted by Crippen LogP contribution is -1.85. The van der Waals surface area contributed by atoms with Gasteiger partial charge >= 0.3 is 5.97 Å². The van der Waals surface area contributed by atoms with Crippen molar-refractivity contribution in [3.05, 3.63) is 11.6 Å². The minimum absolute atomic E-state index is 0.772. The van der Waals surface area contributed by atoms with Crippen LogP contribution in [0.25, 0.3) is 0 Å². The van der Waals surface area contributed by atoms with E-state index in [1.807, 2.05) is 6.92 Å². The molecule has 0 aromatic rings. The molecule has 0 rings (SSSR count). The molecule has 0 amide bonds. The lowest BCUT2D eigenvalue weighted by atomic mass is 10.2. The summed E-state index contributed by atoms with van der Waals surface area (Å²) in [6, 6.07) is 0. The molecule has 0 aromatic heterocycles. The molecule has 0 bridgehead atoms. The second-order valence-electron chi connectivity index (χ2n) is 1.66. The fraction of sp³-hybridized carbons (Fsp3) is 0.500. The van der Waals surface area contributed by atoms with Gasteiger partial charge in [-0.25, -0.2) is 9.90 Å². The van der Waals surface area contributed by atoms with Crippen molar-refractivity contribution in [2.24, 2.45) is 0 Å². The molecule has 0 heterocycles. The number of rotatable bonds is 2. The Morgan fingerprint density at radius 3 is 2.25 bits per heavy atom. The number of allylic oxidation sites excluding steroid dienone is 1. The quantitative estimate of drug-likeness (QED) is 0.497. The van der Waals surface area contributed by atoms with E-state index in [1.54, 1.807) is 6.92 Å². The molecule has 0 fully saturated rings. The molecule has 0 saturated heterocycles. The summed E-state index contributed by atoms with van der Waals surface area (Å²) in [5, 5.41) is 9.78. The van der Waals surface area contributed by atoms with Crippen molar-refractivity contribution in [2.45, 2.75) is 20.3 Å². The molecule has 8 heavy (non-hydrogen) atoms. The Bertz CT molecular complexity index is 114. The van der Waals surface area contributed by atoms with Crippen molar-refractivity contribution >= 4 is 5.97 Å². The van der Waals surface area contributed by atoms with Gasteiger partial charge in [-0.05, 0) is 13.3 Å². The predicted molar refractivity (Wildman–Crippen MR) is 29.7 cm³/mol. The molecule has 0 aliphatic rings. The first-order valence-corrected chi connectivity index (χ1v) is 2.55. The third-order valence-corrected chi connectivity index (χ3v) is 0.922. The molecule has 0 spiro atoms. The molecule has 0 N–H and O–H groups in total. The maximum atomic E-state index is 9.78. The van der Waals surface area contributed by atoms with Gasteiger partial charge in [-0.3, -0.25) is 0 Å². The van der Waals surface area contributed by atoms with E-state index in [2.05, 4.69) is 0 Å². The molecular formula is C6H9O2. The lowest BCUT2D eigenvalue weighted by Gasteiger charge is -1.86. The van der Waals surface area contributed by atoms with E-state index in [-0.39, 0.29) is 0 Å². The summed E-state index contributed by atoms with van der Waals surface area (Å²) in [7, 11) is 0. The minimum Gasteiger partial charge on any atom is -0.242 e. The summed E-state index contributed by atoms with van der Waals surface area (Å²) in [5.41, 5.74) is 0.838. The van der Waals surface area contributed by atoms with Gasteiger partial charge in [-0.2, -0.15) is 0 Å². The van der Waals surface area contributed by atoms with Crippen LogP contribution >= 0.6 is 0 Å². The largest absolute Gasteiger partial charge is 0.379 e. The van der Waals surface area contributed by atoms with Gasteiger partial charge < -0.3 is 0 Å². The molecule has 45 valence electrons. The molecule has 2 nitrogen and oxygen atoms in total. The molecule has 0 aliphatic carbocycles. The fourth-order valence-electron chi connectivity index (χ4n) is 0.303. The average Bonchev–Trinajstić information content (AvgIpc) is 1.65. The Labute approximate surface area is 48.8 Å². The highest BCUT2D eigenvalue weighted by atomic mass is 16.4. The summed E-state index contributed by atoms with van der Waals surface area (Å²) < 4.78 is 0. The Morgan fingerprint density at radius 2 is 2.12 bits per heavy atom. The van der Waals surface area contributed by atoms with Crippen LogP contribution in [-0.4, -0.2) is 5.97 Å². The Hall–Kier alpha value is -0.790. The highest BCUT2D eigenvalue weighted by Gasteiger charge is 1.91. The van der Waals surface area contributed by atoms with Crippen molar-refractivity contribution in [2.75, 3.05) is 0 Å². The number of carbonyl (C=O) groups is 1. The molecule has 2 heteroatoms. The van der Waals surface area contributed by atoms with Gasteiger partial charge in [-0.15, -0.1) is 0 Å². The molecule has 1 radical (unpaired) electrons. The molecule has 0 unspecified atom stereocenters. The summed E-state index contributed by atoms with van der Waals surface area (Å²) in [6.07, 6.45) is 1.88. The van der Waals surface area contributed by atoms with Crippen LogP contribution in [0, 0.1) is 0 Å². The molecule has 0 aliphatic heterocycles. The zero-order valence-electron chi connectivity index (χ0n) is 5.10. The minimum atomic E-state index is -1.11. The Kier molecular flexibility index (Phi) is 2.92. The third kappa shape index (κ3) is 3.40. The summed E-state index contributed by atoms with van der Waals surface area (Å²) in [5.74, 6) is -1.11. The number of hydrogen-bond donors (Lipinski definition) is 0. The van der Waals surface area contributed by atoms with Crippen molar-refractivity contribution in [1.29, 1.82) is 0 Å². The van der Waals surface area contributed by atoms with Crippen molar-refractivity contribution in [3.8, 4) is 0 Å². The van der Waals surface area contributed by atoms with E-state index in [1.165, 1.54) is 0 Å². The average molecular weight is 113 g/mol. The van der Waals surface area contributed by atoms with E-state index in [4.69, 9.17) is 0 Å². The Balaban J connectivity index is 3.75. The van der Waals surface area contributed by atoms with Crippen LogP contribution < -0.4 is 0 Å². The number of hydrogen-bond acceptors (Lipinski definition) is 1. The predicted octanol–water partition coefficient (Wildman–Crippen LogP) is 1.30. The van der Waals surface area contributed by atoms with Gasteiger partial charge in [0.25, 0.3) is 0 Å². The van der Waals surface area contributed by atoms with E-state index in [0.29, 0.717) is 0 Å². The second kappa shape index (κ2) is 3.24. The SMILES string of the molecule is CC/C(C)=C/C([O])=O. The highest BCUT2D eigenvalue weighted by Crippen LogP contribution is 1.95. The van der Waals surface area contributed by atoms with Gasteiger partial charge in [0.1, 0.15) is 0 Å². The van der Waals surface area contributed by atoms with Crippen LogP contribution in [0.3, 0.4) is 0 Å². The maximum absolute atomic E-state index is 9.78. The van der Waals surface area contributed by atoms with E-state index in [0.717, 1.165) is 18.1 Å². The smallest absolute Gasteiger partial charge is 0.242 e. The van der Waals surface area contributed by atoms with Crippen molar-refractivity contribution < 1.29 is 9.90 Å². The fourth-order valence-corrected chi connectivity index (χ4v) is 0.303. The van der Waals surface area contributed by atoms with Gasteiger partial charge in [0, 0.05) is 6.08 Å². The van der Waals surface area contributed by atoms with E-state index < -0.39 is 5.97 Å². The molecule has 0 atom stereocenters. The molecule has 0 saturated carbocycles. The summed E-state index contributed by atoms with van der Waals surface area (Å²) >= 11 is 0. The lowest BCUT2D eigenvalue weighted by molar-refractivity contribution is -0.137. The van der Waals surface area contributed by atoms with Crippen molar-refractivity contribution in [3.63, 3.8) is 0 Å². The summed E-state index contributed by atoms with van der Waals surface area (Å²) in [4.78, 5) is 9.78. The Morgan fingerprint density at radius 1 is 1.62 bits per heavy atom. The standard InChI is InChI=1S/C6H9O2/c1-3-5(2)4-6(7)8/h4H,3H2,1-2H3/b5-4+. The van der Waals surface area contributed by atoms with E-state index >= 15 is 0 Å². The summed E-state index contributed by atoms with van der Waals surface area (Å²) in [6.45, 7) is 3.66. The first-order valence-electron chi connectivity index (χ1n) is 2.55. The van der Waals surface area contributed by atoms with Crippen LogP contribution in [0.2, 0.25) is 0 Å². The second-order valence-corrected chi connectivity index (χ2v) is 1.66. The van der Waals surface area contributed by atoms with Crippen LogP contribution in [0.5, 0.6) is 0 Å². The zero-order valence-corrected chi connectivity index (χ0v) is 5.10. The first kappa shape index (κ1) is 7.21. The normalized spacial score (nSPS) is 11.5. The first-order chi connectivity index (χ1) is 3.66. The molecule has 0 aromatic carbocycles. The maximum Gasteiger partial charge on any atom is 0.379 e. The van der Waals surface area contributed by atoms with Crippen LogP contribution in [-0.2, 0) is 9.90 Å². The van der Waals surface area contributed by atoms with Crippen molar-refractivity contribution in [1.82, 2.24) is 0 Å². The molecular weight excluding hydrogens is 104 g/mol. The third-order valence-electron chi connectivity index (χ3n) is 0.922. The highest BCUT2D eigenvalue weighted by molar-refractivity contribution is 5.80. The van der Waals surface area contributed by atoms with Gasteiger partial charge in [0.05, 0.1) is 0 Å². The topological polar surface area (TPSA) is 37.0 Å². The van der Waals surface area contributed by atoms with Gasteiger partial charge in [0.2, 0.25) is 0 Å². The number of carbonyl (C=O) groups excluding carboxylic acids is 1. The van der Waals surface area contributed by atoms with Gasteiger partial charge in [0.15, 0.2) is 0 Å². The van der Waals surface area contributed by atoms with Crippen LogP contribution in [0.15, 0.2) is 11.6 Å². The zero-order chi connectivity index (χ0) is 6.57. The monoisotopic (exact) mass is 113 g/mol. The van der Waals surface area contributed by atoms with Crippen LogP contribution in [0.1, 0.15) is 20.3 Å². The van der Waals surface area contributed by atoms with E-state index in [9.17, 15) is 9.90 Å². The van der Waals surface area contributed by atoms with Crippen LogP contribution in [0.4, 0.5) is 0 Å². The van der Waals surface area contributed by atoms with Gasteiger partial charge in [-0.1, -0.05) is 12.5 Å².